The molecule has 0 bridgehead atoms. The van der Waals surface area contributed by atoms with E-state index in [1.54, 1.807) is 25.1 Å². The second-order valence-corrected chi connectivity index (χ2v) is 7.75. The highest BCUT2D eigenvalue weighted by Crippen LogP contribution is 2.27. The highest BCUT2D eigenvalue weighted by Gasteiger charge is 2.22. The van der Waals surface area contributed by atoms with Gasteiger partial charge in [-0.15, -0.1) is 0 Å². The van der Waals surface area contributed by atoms with Gasteiger partial charge in [-0.3, -0.25) is 0 Å². The summed E-state index contributed by atoms with van der Waals surface area (Å²) in [4.78, 5) is 24.6. The molecule has 0 spiro atoms. The third-order valence-electron chi connectivity index (χ3n) is 5.04. The number of esters is 1. The van der Waals surface area contributed by atoms with Crippen molar-refractivity contribution in [1.82, 2.24) is 0 Å². The van der Waals surface area contributed by atoms with Gasteiger partial charge in [0.25, 0.3) is 0 Å². The van der Waals surface area contributed by atoms with Crippen molar-refractivity contribution in [2.75, 3.05) is 13.2 Å². The van der Waals surface area contributed by atoms with Gasteiger partial charge in [-0.1, -0.05) is 30.3 Å². The normalized spacial score (nSPS) is 16.1. The van der Waals surface area contributed by atoms with E-state index in [0.29, 0.717) is 24.3 Å². The fraction of sp³-hybridized carbons (Fsp3) is 0.385. The monoisotopic (exact) mass is 454 g/mol. The Bertz CT molecular complexity index is 952. The summed E-state index contributed by atoms with van der Waals surface area (Å²) in [6.45, 7) is 6.34. The first-order chi connectivity index (χ1) is 16.0. The number of rotatable bonds is 8. The molecule has 0 aromatic heterocycles. The number of hydrogen-bond donors (Lipinski definition) is 0. The van der Waals surface area contributed by atoms with E-state index >= 15 is 0 Å². The van der Waals surface area contributed by atoms with Gasteiger partial charge in [0.1, 0.15) is 12.4 Å². The molecule has 0 radical (unpaired) electrons. The predicted molar refractivity (Wildman–Crippen MR) is 122 cm³/mol. The van der Waals surface area contributed by atoms with Crippen LogP contribution < -0.4 is 4.74 Å². The quantitative estimate of drug-likeness (QED) is 0.227. The van der Waals surface area contributed by atoms with E-state index in [2.05, 4.69) is 0 Å². The molecule has 2 aromatic carbocycles. The number of aryl methyl sites for hydroxylation is 2. The first-order valence-electron chi connectivity index (χ1n) is 11.1. The smallest absolute Gasteiger partial charge is 0.460 e. The molecule has 1 unspecified atom stereocenters. The molecular weight excluding hydrogens is 424 g/mol. The lowest BCUT2D eigenvalue weighted by Gasteiger charge is -2.24. The van der Waals surface area contributed by atoms with Crippen molar-refractivity contribution in [3.8, 4) is 5.75 Å². The molecule has 0 N–H and O–H groups in total. The van der Waals surface area contributed by atoms with Gasteiger partial charge < -0.3 is 23.7 Å². The summed E-state index contributed by atoms with van der Waals surface area (Å²) in [5, 5.41) is 0. The number of carbonyl (C=O) groups is 2. The minimum atomic E-state index is -0.779. The van der Waals surface area contributed by atoms with Crippen LogP contribution in [0, 0.1) is 13.8 Å². The molecule has 0 saturated carbocycles. The van der Waals surface area contributed by atoms with Gasteiger partial charge in [0, 0.05) is 6.42 Å². The van der Waals surface area contributed by atoms with E-state index in [9.17, 15) is 9.59 Å². The van der Waals surface area contributed by atoms with Crippen molar-refractivity contribution in [3.05, 3.63) is 70.5 Å². The molecule has 1 aliphatic rings. The molecule has 3 rings (SSSR count). The maximum absolute atomic E-state index is 12.4. The van der Waals surface area contributed by atoms with Crippen molar-refractivity contribution < 1.29 is 33.3 Å². The van der Waals surface area contributed by atoms with E-state index in [0.717, 1.165) is 29.5 Å². The summed E-state index contributed by atoms with van der Waals surface area (Å²) >= 11 is 0. The van der Waals surface area contributed by atoms with Crippen molar-refractivity contribution in [2.24, 2.45) is 0 Å². The third-order valence-corrected chi connectivity index (χ3v) is 5.04. The summed E-state index contributed by atoms with van der Waals surface area (Å²) < 4.78 is 27.2. The molecule has 2 aromatic rings. The zero-order valence-corrected chi connectivity index (χ0v) is 19.3. The molecule has 0 amide bonds. The molecule has 176 valence electrons. The summed E-state index contributed by atoms with van der Waals surface area (Å²) in [5.74, 6) is -0.0512. The van der Waals surface area contributed by atoms with E-state index in [1.165, 1.54) is 0 Å². The Kier molecular flexibility index (Phi) is 8.89. The van der Waals surface area contributed by atoms with Gasteiger partial charge in [0.15, 0.2) is 6.29 Å². The zero-order chi connectivity index (χ0) is 23.6. The molecule has 1 heterocycles. The molecule has 1 fully saturated rings. The molecule has 7 nitrogen and oxygen atoms in total. The Labute approximate surface area is 194 Å². The molecule has 33 heavy (non-hydrogen) atoms. The van der Waals surface area contributed by atoms with Gasteiger partial charge in [-0.05, 0) is 74.1 Å². The average Bonchev–Trinajstić information content (AvgIpc) is 2.81. The van der Waals surface area contributed by atoms with Crippen LogP contribution in [0.2, 0.25) is 0 Å². The minimum Gasteiger partial charge on any atom is -0.460 e. The number of benzene rings is 2. The number of ether oxygens (including phenoxy) is 5. The summed E-state index contributed by atoms with van der Waals surface area (Å²) in [6, 6.07) is 13.0. The Morgan fingerprint density at radius 3 is 2.42 bits per heavy atom. The third kappa shape index (κ3) is 7.36. The van der Waals surface area contributed by atoms with Gasteiger partial charge in [-0.25, -0.2) is 9.59 Å². The SMILES string of the molecule is CCOC(=O)/C(=C/c1cc(C)c(OC(=O)OCc2ccccc2)c(C)c1)OC1CCCCO1. The van der Waals surface area contributed by atoms with Gasteiger partial charge in [0.2, 0.25) is 5.76 Å². The Morgan fingerprint density at radius 1 is 1.06 bits per heavy atom. The number of carbonyl (C=O) groups excluding carboxylic acids is 2. The minimum absolute atomic E-state index is 0.0819. The van der Waals surface area contributed by atoms with E-state index in [1.807, 2.05) is 44.2 Å². The van der Waals surface area contributed by atoms with Crippen LogP contribution in [0.5, 0.6) is 5.75 Å². The Balaban J connectivity index is 1.72. The summed E-state index contributed by atoms with van der Waals surface area (Å²) in [5.41, 5.74) is 3.02. The van der Waals surface area contributed by atoms with Gasteiger partial charge >= 0.3 is 12.1 Å². The van der Waals surface area contributed by atoms with Crippen LogP contribution in [-0.4, -0.2) is 31.6 Å². The van der Waals surface area contributed by atoms with Crippen LogP contribution in [0.25, 0.3) is 6.08 Å². The second-order valence-electron chi connectivity index (χ2n) is 7.75. The summed E-state index contributed by atoms with van der Waals surface area (Å²) in [6.07, 6.45) is 3.04. The van der Waals surface area contributed by atoms with Gasteiger partial charge in [0.05, 0.1) is 13.2 Å². The maximum atomic E-state index is 12.4. The van der Waals surface area contributed by atoms with Crippen LogP contribution in [0.4, 0.5) is 4.79 Å². The highest BCUT2D eigenvalue weighted by atomic mass is 16.7. The first-order valence-corrected chi connectivity index (χ1v) is 11.1. The topological polar surface area (TPSA) is 80.3 Å². The van der Waals surface area contributed by atoms with E-state index < -0.39 is 18.4 Å². The zero-order valence-electron chi connectivity index (χ0n) is 19.3. The van der Waals surface area contributed by atoms with Crippen LogP contribution in [0.1, 0.15) is 48.4 Å². The molecule has 1 saturated heterocycles. The van der Waals surface area contributed by atoms with Gasteiger partial charge in [-0.2, -0.15) is 0 Å². The average molecular weight is 455 g/mol. The van der Waals surface area contributed by atoms with E-state index in [-0.39, 0.29) is 19.0 Å². The van der Waals surface area contributed by atoms with Crippen molar-refractivity contribution in [2.45, 2.75) is 52.9 Å². The fourth-order valence-electron chi connectivity index (χ4n) is 3.50. The first kappa shape index (κ1) is 24.3. The molecular formula is C26H30O7. The summed E-state index contributed by atoms with van der Waals surface area (Å²) in [7, 11) is 0. The Hall–Kier alpha value is -3.32. The van der Waals surface area contributed by atoms with Crippen LogP contribution in [0.3, 0.4) is 0 Å². The lowest BCUT2D eigenvalue weighted by atomic mass is 10.0. The molecule has 1 aliphatic heterocycles. The van der Waals surface area contributed by atoms with Crippen LogP contribution in [0.15, 0.2) is 48.2 Å². The van der Waals surface area contributed by atoms with E-state index in [4.69, 9.17) is 23.7 Å². The van der Waals surface area contributed by atoms with Crippen molar-refractivity contribution >= 4 is 18.2 Å². The van der Waals surface area contributed by atoms with Crippen molar-refractivity contribution in [1.29, 1.82) is 0 Å². The van der Waals surface area contributed by atoms with Crippen LogP contribution in [-0.2, 0) is 30.3 Å². The lowest BCUT2D eigenvalue weighted by Crippen LogP contribution is -2.24. The predicted octanol–water partition coefficient (Wildman–Crippen LogP) is 5.47. The number of hydrogen-bond acceptors (Lipinski definition) is 7. The second kappa shape index (κ2) is 12.1. The van der Waals surface area contributed by atoms with Crippen LogP contribution >= 0.6 is 0 Å². The maximum Gasteiger partial charge on any atom is 0.514 e. The highest BCUT2D eigenvalue weighted by molar-refractivity contribution is 5.91. The fourth-order valence-corrected chi connectivity index (χ4v) is 3.50. The molecule has 1 atom stereocenters. The standard InChI is InChI=1S/C26H30O7/c1-4-29-25(27)22(32-23-12-8-9-13-30-23)16-21-14-18(2)24(19(3)15-21)33-26(28)31-17-20-10-6-5-7-11-20/h5-7,10-11,14-16,23H,4,8-9,12-13,17H2,1-3H3/b22-16-. The lowest BCUT2D eigenvalue weighted by molar-refractivity contribution is -0.162. The molecule has 0 aliphatic carbocycles. The van der Waals surface area contributed by atoms with Crippen molar-refractivity contribution in [3.63, 3.8) is 0 Å². The largest absolute Gasteiger partial charge is 0.514 e. The molecule has 7 heteroatoms. The Morgan fingerprint density at radius 2 is 1.79 bits per heavy atom.